The largest absolute Gasteiger partial charge is 0.367 e. The molecule has 0 bridgehead atoms. The Kier molecular flexibility index (Phi) is 2.15. The number of hydrogen-bond donors (Lipinski definition) is 0. The number of carbonyl (C=O) groups excluding carboxylic acids is 2. The number of rotatable bonds is 3. The van der Waals surface area contributed by atoms with E-state index in [1.807, 2.05) is 13.8 Å². The van der Waals surface area contributed by atoms with Crippen LogP contribution in [0.3, 0.4) is 0 Å². The third-order valence-electron chi connectivity index (χ3n) is 2.75. The van der Waals surface area contributed by atoms with E-state index in [0.29, 0.717) is 0 Å². The SMILES string of the molecule is CCC1OC1C(C)N1C(=O)C=CC1=O. The van der Waals surface area contributed by atoms with Crippen molar-refractivity contribution in [2.45, 2.75) is 38.5 Å². The summed E-state index contributed by atoms with van der Waals surface area (Å²) in [5.41, 5.74) is 0. The first kappa shape index (κ1) is 9.40. The van der Waals surface area contributed by atoms with Crippen LogP contribution in [0.5, 0.6) is 0 Å². The maximum atomic E-state index is 11.3. The summed E-state index contributed by atoms with van der Waals surface area (Å²) in [5, 5.41) is 0. The molecule has 3 atom stereocenters. The van der Waals surface area contributed by atoms with Gasteiger partial charge in [-0.1, -0.05) is 6.92 Å². The predicted octanol–water partition coefficient (Wildman–Crippen LogP) is 0.477. The number of imide groups is 1. The molecule has 0 aliphatic carbocycles. The summed E-state index contributed by atoms with van der Waals surface area (Å²) in [6, 6.07) is -0.144. The average Bonchev–Trinajstić information content (AvgIpc) is 2.87. The fourth-order valence-electron chi connectivity index (χ4n) is 1.87. The average molecular weight is 195 g/mol. The monoisotopic (exact) mass is 195 g/mol. The van der Waals surface area contributed by atoms with Crippen LogP contribution in [0.2, 0.25) is 0 Å². The van der Waals surface area contributed by atoms with Gasteiger partial charge in [0.2, 0.25) is 0 Å². The van der Waals surface area contributed by atoms with Gasteiger partial charge in [0.1, 0.15) is 6.10 Å². The van der Waals surface area contributed by atoms with Crippen LogP contribution in [0.1, 0.15) is 20.3 Å². The first-order chi connectivity index (χ1) is 6.65. The van der Waals surface area contributed by atoms with Crippen molar-refractivity contribution in [3.63, 3.8) is 0 Å². The van der Waals surface area contributed by atoms with E-state index in [-0.39, 0.29) is 30.1 Å². The minimum absolute atomic E-state index is 0.0350. The molecule has 0 saturated carbocycles. The lowest BCUT2D eigenvalue weighted by Crippen LogP contribution is -2.41. The van der Waals surface area contributed by atoms with Crippen molar-refractivity contribution in [3.05, 3.63) is 12.2 Å². The number of hydrogen-bond acceptors (Lipinski definition) is 3. The van der Waals surface area contributed by atoms with Gasteiger partial charge >= 0.3 is 0 Å². The molecule has 2 amide bonds. The first-order valence-electron chi connectivity index (χ1n) is 4.86. The lowest BCUT2D eigenvalue weighted by atomic mass is 10.1. The molecular formula is C10H13NO3. The molecule has 0 spiro atoms. The summed E-state index contributed by atoms with van der Waals surface area (Å²) >= 11 is 0. The minimum atomic E-state index is -0.229. The summed E-state index contributed by atoms with van der Waals surface area (Å²) in [6.45, 7) is 3.88. The standard InChI is InChI=1S/C10H13NO3/c1-3-7-10(14-7)6(2)11-8(12)4-5-9(11)13/h4-7,10H,3H2,1-2H3. The summed E-state index contributed by atoms with van der Waals surface area (Å²) in [7, 11) is 0. The molecular weight excluding hydrogens is 182 g/mol. The molecule has 4 nitrogen and oxygen atoms in total. The zero-order valence-electron chi connectivity index (χ0n) is 8.27. The van der Waals surface area contributed by atoms with Crippen molar-refractivity contribution in [1.82, 2.24) is 4.90 Å². The molecule has 2 aliphatic heterocycles. The first-order valence-corrected chi connectivity index (χ1v) is 4.86. The molecule has 4 heteroatoms. The quantitative estimate of drug-likeness (QED) is 0.486. The molecule has 1 saturated heterocycles. The van der Waals surface area contributed by atoms with Crippen LogP contribution in [-0.2, 0) is 14.3 Å². The number of carbonyl (C=O) groups is 2. The van der Waals surface area contributed by atoms with Gasteiger partial charge in [0, 0.05) is 12.2 Å². The molecule has 14 heavy (non-hydrogen) atoms. The maximum Gasteiger partial charge on any atom is 0.253 e. The van der Waals surface area contributed by atoms with E-state index in [0.717, 1.165) is 6.42 Å². The third-order valence-corrected chi connectivity index (χ3v) is 2.75. The van der Waals surface area contributed by atoms with Crippen LogP contribution < -0.4 is 0 Å². The molecule has 0 radical (unpaired) electrons. The van der Waals surface area contributed by atoms with Gasteiger partial charge in [0.15, 0.2) is 0 Å². The van der Waals surface area contributed by atoms with Crippen LogP contribution in [0, 0.1) is 0 Å². The number of ether oxygens (including phenoxy) is 1. The van der Waals surface area contributed by atoms with Crippen LogP contribution in [0.15, 0.2) is 12.2 Å². The van der Waals surface area contributed by atoms with Crippen molar-refractivity contribution >= 4 is 11.8 Å². The van der Waals surface area contributed by atoms with Gasteiger partial charge in [-0.05, 0) is 13.3 Å². The summed E-state index contributed by atoms with van der Waals surface area (Å²) in [6.07, 6.45) is 3.79. The van der Waals surface area contributed by atoms with Crippen LogP contribution >= 0.6 is 0 Å². The Labute approximate surface area is 82.5 Å². The molecule has 0 N–H and O–H groups in total. The maximum absolute atomic E-state index is 11.3. The lowest BCUT2D eigenvalue weighted by molar-refractivity contribution is -0.139. The van der Waals surface area contributed by atoms with Crippen molar-refractivity contribution < 1.29 is 14.3 Å². The van der Waals surface area contributed by atoms with Crippen molar-refractivity contribution in [1.29, 1.82) is 0 Å². The van der Waals surface area contributed by atoms with Gasteiger partial charge in [-0.3, -0.25) is 14.5 Å². The van der Waals surface area contributed by atoms with Gasteiger partial charge in [0.25, 0.3) is 11.8 Å². The Morgan fingerprint density at radius 2 is 2.00 bits per heavy atom. The second-order valence-electron chi connectivity index (χ2n) is 3.67. The highest BCUT2D eigenvalue weighted by Crippen LogP contribution is 2.31. The second kappa shape index (κ2) is 3.20. The van der Waals surface area contributed by atoms with Gasteiger partial charge in [-0.25, -0.2) is 0 Å². The predicted molar refractivity (Wildman–Crippen MR) is 49.4 cm³/mol. The highest BCUT2D eigenvalue weighted by molar-refractivity contribution is 6.13. The molecule has 2 rings (SSSR count). The van der Waals surface area contributed by atoms with Crippen molar-refractivity contribution in [3.8, 4) is 0 Å². The van der Waals surface area contributed by atoms with Gasteiger partial charge < -0.3 is 4.74 Å². The summed E-state index contributed by atoms with van der Waals surface area (Å²) < 4.78 is 5.36. The van der Waals surface area contributed by atoms with E-state index < -0.39 is 0 Å². The Bertz CT molecular complexity index is 292. The van der Waals surface area contributed by atoms with E-state index >= 15 is 0 Å². The Balaban J connectivity index is 2.02. The Morgan fingerprint density at radius 1 is 1.43 bits per heavy atom. The minimum Gasteiger partial charge on any atom is -0.367 e. The zero-order valence-corrected chi connectivity index (χ0v) is 8.27. The topological polar surface area (TPSA) is 49.9 Å². The molecule has 0 aromatic rings. The van der Waals surface area contributed by atoms with Gasteiger partial charge in [-0.2, -0.15) is 0 Å². The molecule has 0 aromatic carbocycles. The molecule has 2 aliphatic rings. The van der Waals surface area contributed by atoms with Crippen molar-refractivity contribution in [2.75, 3.05) is 0 Å². The molecule has 76 valence electrons. The Morgan fingerprint density at radius 3 is 2.43 bits per heavy atom. The Hall–Kier alpha value is -1.16. The van der Waals surface area contributed by atoms with E-state index in [4.69, 9.17) is 4.74 Å². The van der Waals surface area contributed by atoms with Gasteiger partial charge in [0.05, 0.1) is 12.1 Å². The van der Waals surface area contributed by atoms with Gasteiger partial charge in [-0.15, -0.1) is 0 Å². The van der Waals surface area contributed by atoms with E-state index in [1.165, 1.54) is 17.1 Å². The highest BCUT2D eigenvalue weighted by atomic mass is 16.6. The fraction of sp³-hybridized carbons (Fsp3) is 0.600. The normalized spacial score (nSPS) is 32.6. The molecule has 3 unspecified atom stereocenters. The summed E-state index contributed by atoms with van der Waals surface area (Å²) in [5.74, 6) is -0.458. The van der Waals surface area contributed by atoms with E-state index in [2.05, 4.69) is 0 Å². The van der Waals surface area contributed by atoms with Crippen LogP contribution in [-0.4, -0.2) is 35.0 Å². The third kappa shape index (κ3) is 1.35. The van der Waals surface area contributed by atoms with E-state index in [9.17, 15) is 9.59 Å². The summed E-state index contributed by atoms with van der Waals surface area (Å²) in [4.78, 5) is 23.9. The number of amides is 2. The van der Waals surface area contributed by atoms with Crippen LogP contribution in [0.4, 0.5) is 0 Å². The van der Waals surface area contributed by atoms with Crippen LogP contribution in [0.25, 0.3) is 0 Å². The number of nitrogens with zero attached hydrogens (tertiary/aromatic N) is 1. The molecule has 2 heterocycles. The zero-order chi connectivity index (χ0) is 10.3. The fourth-order valence-corrected chi connectivity index (χ4v) is 1.87. The van der Waals surface area contributed by atoms with Crippen molar-refractivity contribution in [2.24, 2.45) is 0 Å². The van der Waals surface area contributed by atoms with E-state index in [1.54, 1.807) is 0 Å². The molecule has 1 fully saturated rings. The highest BCUT2D eigenvalue weighted by Gasteiger charge is 2.46. The lowest BCUT2D eigenvalue weighted by Gasteiger charge is -2.20. The molecule has 0 aromatic heterocycles. The smallest absolute Gasteiger partial charge is 0.253 e. The number of epoxide rings is 1. The second-order valence-corrected chi connectivity index (χ2v) is 3.67.